The normalized spacial score (nSPS) is 10.3. The van der Waals surface area contributed by atoms with Crippen molar-refractivity contribution in [3.05, 3.63) is 53.2 Å². The SMILES string of the molecule is O=[N+]([O-])c1ccc(NCc2ccc(Cl)s2)cc1I. The molecule has 4 nitrogen and oxygen atoms in total. The van der Waals surface area contributed by atoms with Gasteiger partial charge in [0, 0.05) is 23.2 Å². The zero-order chi connectivity index (χ0) is 13.1. The van der Waals surface area contributed by atoms with E-state index in [1.54, 1.807) is 12.1 Å². The van der Waals surface area contributed by atoms with Gasteiger partial charge in [-0.1, -0.05) is 11.6 Å². The van der Waals surface area contributed by atoms with Crippen LogP contribution in [0.1, 0.15) is 4.88 Å². The van der Waals surface area contributed by atoms with Crippen LogP contribution in [0.4, 0.5) is 11.4 Å². The van der Waals surface area contributed by atoms with Gasteiger partial charge >= 0.3 is 0 Å². The number of nitro benzene ring substituents is 1. The number of nitro groups is 1. The largest absolute Gasteiger partial charge is 0.380 e. The molecule has 0 saturated heterocycles. The summed E-state index contributed by atoms with van der Waals surface area (Å²) in [5, 5.41) is 13.9. The maximum absolute atomic E-state index is 10.7. The van der Waals surface area contributed by atoms with Crippen LogP contribution in [0.25, 0.3) is 0 Å². The molecule has 1 heterocycles. The summed E-state index contributed by atoms with van der Waals surface area (Å²) in [4.78, 5) is 11.4. The Balaban J connectivity index is 2.06. The molecular weight excluding hydrogens is 387 g/mol. The van der Waals surface area contributed by atoms with Gasteiger partial charge in [-0.2, -0.15) is 0 Å². The lowest BCUT2D eigenvalue weighted by Gasteiger charge is -2.05. The summed E-state index contributed by atoms with van der Waals surface area (Å²) in [6.45, 7) is 0.658. The molecule has 18 heavy (non-hydrogen) atoms. The van der Waals surface area contributed by atoms with Gasteiger partial charge in [0.2, 0.25) is 0 Å². The number of nitrogens with zero attached hydrogens (tertiary/aromatic N) is 1. The molecular formula is C11H8ClIN2O2S. The first-order chi connectivity index (χ1) is 8.56. The Hall–Kier alpha value is -0.860. The number of benzene rings is 1. The molecule has 0 spiro atoms. The summed E-state index contributed by atoms with van der Waals surface area (Å²) in [5.41, 5.74) is 0.981. The number of thiophene rings is 1. The van der Waals surface area contributed by atoms with Crippen LogP contribution in [0.5, 0.6) is 0 Å². The van der Waals surface area contributed by atoms with E-state index in [0.29, 0.717) is 10.1 Å². The Morgan fingerprint density at radius 3 is 2.72 bits per heavy atom. The van der Waals surface area contributed by atoms with Crippen LogP contribution in [-0.4, -0.2) is 4.92 Å². The van der Waals surface area contributed by atoms with Crippen LogP contribution in [-0.2, 0) is 6.54 Å². The number of rotatable bonds is 4. The molecule has 1 N–H and O–H groups in total. The van der Waals surface area contributed by atoms with Crippen LogP contribution >= 0.6 is 45.5 Å². The zero-order valence-electron chi connectivity index (χ0n) is 9.02. The summed E-state index contributed by atoms with van der Waals surface area (Å²) in [6.07, 6.45) is 0. The van der Waals surface area contributed by atoms with Gasteiger partial charge in [-0.15, -0.1) is 11.3 Å². The van der Waals surface area contributed by atoms with Gasteiger partial charge in [-0.3, -0.25) is 10.1 Å². The smallest absolute Gasteiger partial charge is 0.282 e. The molecule has 0 unspecified atom stereocenters. The molecule has 0 saturated carbocycles. The first kappa shape index (κ1) is 13.6. The molecule has 0 aliphatic carbocycles. The molecule has 0 bridgehead atoms. The Bertz CT molecular complexity index is 588. The van der Waals surface area contributed by atoms with Crippen LogP contribution in [0, 0.1) is 13.7 Å². The second-order valence-electron chi connectivity index (χ2n) is 3.48. The Labute approximate surface area is 126 Å². The number of hydrogen-bond acceptors (Lipinski definition) is 4. The Morgan fingerprint density at radius 2 is 2.17 bits per heavy atom. The second kappa shape index (κ2) is 5.85. The summed E-state index contributed by atoms with van der Waals surface area (Å²) in [6, 6.07) is 8.77. The highest BCUT2D eigenvalue weighted by Gasteiger charge is 2.11. The van der Waals surface area contributed by atoms with Gasteiger partial charge in [0.25, 0.3) is 5.69 Å². The van der Waals surface area contributed by atoms with Crippen molar-refractivity contribution in [1.82, 2.24) is 0 Å². The van der Waals surface area contributed by atoms with Crippen molar-refractivity contribution in [1.29, 1.82) is 0 Å². The molecule has 1 aromatic carbocycles. The van der Waals surface area contributed by atoms with Gasteiger partial charge in [-0.25, -0.2) is 0 Å². The molecule has 2 rings (SSSR count). The highest BCUT2D eigenvalue weighted by atomic mass is 127. The van der Waals surface area contributed by atoms with Crippen molar-refractivity contribution < 1.29 is 4.92 Å². The standard InChI is InChI=1S/C11H8ClIN2O2S/c12-11-4-2-8(18-11)6-14-7-1-3-10(15(16)17)9(13)5-7/h1-5,14H,6H2. The highest BCUT2D eigenvalue weighted by molar-refractivity contribution is 14.1. The Morgan fingerprint density at radius 1 is 1.39 bits per heavy atom. The molecule has 1 aromatic heterocycles. The molecule has 94 valence electrons. The van der Waals surface area contributed by atoms with E-state index in [4.69, 9.17) is 11.6 Å². The fourth-order valence-electron chi connectivity index (χ4n) is 1.40. The minimum absolute atomic E-state index is 0.125. The van der Waals surface area contributed by atoms with E-state index in [1.165, 1.54) is 17.4 Å². The topological polar surface area (TPSA) is 55.2 Å². The van der Waals surface area contributed by atoms with Gasteiger partial charge in [-0.05, 0) is 46.9 Å². The molecule has 2 aromatic rings. The number of hydrogen-bond donors (Lipinski definition) is 1. The van der Waals surface area contributed by atoms with Gasteiger partial charge in [0.05, 0.1) is 12.8 Å². The predicted molar refractivity (Wildman–Crippen MR) is 82.5 cm³/mol. The van der Waals surface area contributed by atoms with Crippen molar-refractivity contribution >= 4 is 56.9 Å². The van der Waals surface area contributed by atoms with Crippen molar-refractivity contribution in [3.8, 4) is 0 Å². The number of halogens is 2. The van der Waals surface area contributed by atoms with E-state index >= 15 is 0 Å². The lowest BCUT2D eigenvalue weighted by Crippen LogP contribution is -1.99. The molecule has 0 aliphatic heterocycles. The minimum Gasteiger partial charge on any atom is -0.380 e. The third kappa shape index (κ3) is 3.33. The van der Waals surface area contributed by atoms with Gasteiger partial charge < -0.3 is 5.32 Å². The lowest BCUT2D eigenvalue weighted by atomic mass is 10.3. The fourth-order valence-corrected chi connectivity index (χ4v) is 3.14. The van der Waals surface area contributed by atoms with Crippen LogP contribution in [0.3, 0.4) is 0 Å². The van der Waals surface area contributed by atoms with E-state index < -0.39 is 0 Å². The van der Waals surface area contributed by atoms with Crippen LogP contribution in [0.2, 0.25) is 4.34 Å². The average Bonchev–Trinajstić information content (AvgIpc) is 2.72. The van der Waals surface area contributed by atoms with E-state index in [0.717, 1.165) is 14.9 Å². The van der Waals surface area contributed by atoms with Crippen molar-refractivity contribution in [2.24, 2.45) is 0 Å². The number of anilines is 1. The van der Waals surface area contributed by atoms with E-state index in [2.05, 4.69) is 5.32 Å². The molecule has 0 fully saturated rings. The second-order valence-corrected chi connectivity index (χ2v) is 6.44. The van der Waals surface area contributed by atoms with Crippen LogP contribution in [0.15, 0.2) is 30.3 Å². The predicted octanol–water partition coefficient (Wildman–Crippen LogP) is 4.53. The summed E-state index contributed by atoms with van der Waals surface area (Å²) in [7, 11) is 0. The lowest BCUT2D eigenvalue weighted by molar-refractivity contribution is -0.385. The average molecular weight is 395 g/mol. The van der Waals surface area contributed by atoms with Crippen molar-refractivity contribution in [2.75, 3.05) is 5.32 Å². The molecule has 7 heteroatoms. The minimum atomic E-state index is -0.384. The summed E-state index contributed by atoms with van der Waals surface area (Å²) in [5.74, 6) is 0. The Kier molecular flexibility index (Phi) is 4.41. The summed E-state index contributed by atoms with van der Waals surface area (Å²) < 4.78 is 1.37. The first-order valence-corrected chi connectivity index (χ1v) is 7.25. The maximum atomic E-state index is 10.7. The quantitative estimate of drug-likeness (QED) is 0.471. The molecule has 0 amide bonds. The zero-order valence-corrected chi connectivity index (χ0v) is 12.8. The fraction of sp³-hybridized carbons (Fsp3) is 0.0909. The number of nitrogens with one attached hydrogen (secondary N) is 1. The molecule has 0 atom stereocenters. The van der Waals surface area contributed by atoms with Gasteiger partial charge in [0.1, 0.15) is 0 Å². The first-order valence-electron chi connectivity index (χ1n) is 4.98. The van der Waals surface area contributed by atoms with Gasteiger partial charge in [0.15, 0.2) is 0 Å². The van der Waals surface area contributed by atoms with E-state index in [-0.39, 0.29) is 10.6 Å². The highest BCUT2D eigenvalue weighted by Crippen LogP contribution is 2.26. The third-order valence-electron chi connectivity index (χ3n) is 2.24. The maximum Gasteiger partial charge on any atom is 0.282 e. The summed E-state index contributed by atoms with van der Waals surface area (Å²) >= 11 is 9.31. The van der Waals surface area contributed by atoms with E-state index in [1.807, 2.05) is 34.7 Å². The van der Waals surface area contributed by atoms with Crippen molar-refractivity contribution in [2.45, 2.75) is 6.54 Å². The monoisotopic (exact) mass is 394 g/mol. The third-order valence-corrected chi connectivity index (χ3v) is 4.34. The van der Waals surface area contributed by atoms with Crippen LogP contribution < -0.4 is 5.32 Å². The van der Waals surface area contributed by atoms with E-state index in [9.17, 15) is 10.1 Å². The molecule has 0 aliphatic rings. The molecule has 0 radical (unpaired) electrons. The van der Waals surface area contributed by atoms with Crippen molar-refractivity contribution in [3.63, 3.8) is 0 Å².